The van der Waals surface area contributed by atoms with Crippen molar-refractivity contribution in [1.29, 1.82) is 0 Å². The van der Waals surface area contributed by atoms with E-state index in [4.69, 9.17) is 0 Å². The normalized spacial score (nSPS) is 21.9. The first-order valence-corrected chi connectivity index (χ1v) is 9.06. The van der Waals surface area contributed by atoms with Gasteiger partial charge in [-0.2, -0.15) is 0 Å². The number of nitrogens with one attached hydrogen (secondary N) is 1. The van der Waals surface area contributed by atoms with Gasteiger partial charge in [0.15, 0.2) is 0 Å². The first kappa shape index (κ1) is 17.0. The Hall–Kier alpha value is -1.84. The molecule has 1 aliphatic carbocycles. The minimum absolute atomic E-state index is 0.0152. The summed E-state index contributed by atoms with van der Waals surface area (Å²) in [6.45, 7) is 10.7. The summed E-state index contributed by atoms with van der Waals surface area (Å²) in [6.07, 6.45) is 6.85. The van der Waals surface area contributed by atoms with E-state index in [0.29, 0.717) is 11.5 Å². The molecule has 3 rings (SSSR count). The summed E-state index contributed by atoms with van der Waals surface area (Å²) >= 11 is 0. The third-order valence-electron chi connectivity index (χ3n) is 5.66. The van der Waals surface area contributed by atoms with Crippen LogP contribution in [-0.4, -0.2) is 20.8 Å². The number of hydrogen-bond donors (Lipinski definition) is 1. The second-order valence-corrected chi connectivity index (χ2v) is 8.09. The van der Waals surface area contributed by atoms with Crippen molar-refractivity contribution in [2.75, 3.05) is 0 Å². The fraction of sp³-hybridized carbons (Fsp3) is 0.600. The number of fused-ring (bicyclic) bond motifs is 1. The van der Waals surface area contributed by atoms with Gasteiger partial charge in [-0.05, 0) is 64.5 Å². The van der Waals surface area contributed by atoms with E-state index >= 15 is 0 Å². The van der Waals surface area contributed by atoms with Gasteiger partial charge in [0.25, 0.3) is 5.91 Å². The van der Waals surface area contributed by atoms with Crippen molar-refractivity contribution in [3.05, 3.63) is 35.3 Å². The van der Waals surface area contributed by atoms with Gasteiger partial charge < -0.3 is 9.72 Å². The van der Waals surface area contributed by atoms with Crippen molar-refractivity contribution in [3.63, 3.8) is 0 Å². The quantitative estimate of drug-likeness (QED) is 0.914. The van der Waals surface area contributed by atoms with Gasteiger partial charge in [0, 0.05) is 23.1 Å². The zero-order valence-corrected chi connectivity index (χ0v) is 15.5. The monoisotopic (exact) mass is 327 g/mol. The van der Waals surface area contributed by atoms with E-state index in [9.17, 15) is 4.79 Å². The van der Waals surface area contributed by atoms with Gasteiger partial charge in [-0.1, -0.05) is 19.8 Å². The molecule has 130 valence electrons. The lowest BCUT2D eigenvalue weighted by atomic mass is 9.73. The molecular formula is C20H29N3O. The topological polar surface area (TPSA) is 46.4 Å². The van der Waals surface area contributed by atoms with Crippen LogP contribution >= 0.6 is 0 Å². The van der Waals surface area contributed by atoms with Crippen molar-refractivity contribution in [3.8, 4) is 0 Å². The molecule has 24 heavy (non-hydrogen) atoms. The zero-order chi connectivity index (χ0) is 17.5. The van der Waals surface area contributed by atoms with Crippen molar-refractivity contribution >= 4 is 11.6 Å². The minimum atomic E-state index is -0.190. The lowest BCUT2D eigenvalue weighted by molar-refractivity contribution is 0.0849. The minimum Gasteiger partial charge on any atom is -0.347 e. The number of carbonyl (C=O) groups is 1. The molecule has 1 amide bonds. The molecule has 1 fully saturated rings. The Morgan fingerprint density at radius 1 is 1.25 bits per heavy atom. The molecule has 4 heteroatoms. The maximum atomic E-state index is 12.9. The van der Waals surface area contributed by atoms with Gasteiger partial charge in [-0.25, -0.2) is 4.98 Å². The van der Waals surface area contributed by atoms with Crippen molar-refractivity contribution in [1.82, 2.24) is 14.7 Å². The molecule has 0 bridgehead atoms. The van der Waals surface area contributed by atoms with Gasteiger partial charge in [-0.3, -0.25) is 4.79 Å². The van der Waals surface area contributed by atoms with Gasteiger partial charge in [0.2, 0.25) is 0 Å². The van der Waals surface area contributed by atoms with Crippen LogP contribution in [0.15, 0.2) is 18.3 Å². The summed E-state index contributed by atoms with van der Waals surface area (Å²) in [5, 5.41) is 3.28. The van der Waals surface area contributed by atoms with E-state index in [2.05, 4.69) is 31.1 Å². The van der Waals surface area contributed by atoms with Gasteiger partial charge in [-0.15, -0.1) is 0 Å². The average Bonchev–Trinajstić information content (AvgIpc) is 2.91. The van der Waals surface area contributed by atoms with Crippen LogP contribution in [0.25, 0.3) is 5.65 Å². The predicted octanol–water partition coefficient (Wildman–Crippen LogP) is 4.29. The molecule has 1 saturated carbocycles. The van der Waals surface area contributed by atoms with Crippen LogP contribution in [-0.2, 0) is 0 Å². The summed E-state index contributed by atoms with van der Waals surface area (Å²) in [7, 11) is 0. The molecule has 1 N–H and O–H groups in total. The zero-order valence-electron chi connectivity index (χ0n) is 15.5. The predicted molar refractivity (Wildman–Crippen MR) is 97.3 cm³/mol. The third kappa shape index (κ3) is 3.19. The number of hydrogen-bond acceptors (Lipinski definition) is 2. The highest BCUT2D eigenvalue weighted by Crippen LogP contribution is 2.35. The third-order valence-corrected chi connectivity index (χ3v) is 5.66. The molecule has 0 spiro atoms. The molecule has 0 saturated heterocycles. The molecule has 1 aliphatic rings. The summed E-state index contributed by atoms with van der Waals surface area (Å²) in [6, 6.07) is 3.91. The van der Waals surface area contributed by atoms with Crippen LogP contribution < -0.4 is 5.32 Å². The fourth-order valence-corrected chi connectivity index (χ4v) is 4.01. The highest BCUT2D eigenvalue weighted by Gasteiger charge is 2.34. The largest absolute Gasteiger partial charge is 0.347 e. The van der Waals surface area contributed by atoms with Crippen LogP contribution in [0.4, 0.5) is 0 Å². The smallest absolute Gasteiger partial charge is 0.255 e. The van der Waals surface area contributed by atoms with Gasteiger partial charge in [0.1, 0.15) is 5.65 Å². The van der Waals surface area contributed by atoms with Crippen molar-refractivity contribution < 1.29 is 4.79 Å². The van der Waals surface area contributed by atoms with E-state index in [1.807, 2.05) is 36.6 Å². The molecule has 2 aromatic rings. The van der Waals surface area contributed by atoms with Crippen LogP contribution in [0.1, 0.15) is 68.2 Å². The van der Waals surface area contributed by atoms with Crippen LogP contribution in [0.3, 0.4) is 0 Å². The maximum absolute atomic E-state index is 12.9. The maximum Gasteiger partial charge on any atom is 0.255 e. The van der Waals surface area contributed by atoms with E-state index in [0.717, 1.165) is 23.0 Å². The molecule has 0 aliphatic heterocycles. The van der Waals surface area contributed by atoms with Gasteiger partial charge in [0.05, 0.1) is 5.56 Å². The summed E-state index contributed by atoms with van der Waals surface area (Å²) in [5.41, 5.74) is 3.26. The first-order valence-electron chi connectivity index (χ1n) is 9.06. The molecule has 0 atom stereocenters. The second kappa shape index (κ2) is 6.23. The highest BCUT2D eigenvalue weighted by molar-refractivity contribution is 6.00. The Balaban J connectivity index is 1.82. The van der Waals surface area contributed by atoms with Crippen LogP contribution in [0.5, 0.6) is 0 Å². The number of aromatic nitrogens is 2. The second-order valence-electron chi connectivity index (χ2n) is 8.09. The van der Waals surface area contributed by atoms with E-state index in [1.165, 1.54) is 25.7 Å². The standard InChI is InChI=1S/C20H29N3O/c1-13-6-8-16(9-7-13)20(4,5)22-19(24)17-10-11-23-15(3)12-14(2)21-18(17)23/h10-13,16H,6-9H2,1-5H3,(H,22,24). The van der Waals surface area contributed by atoms with Crippen LogP contribution in [0.2, 0.25) is 0 Å². The summed E-state index contributed by atoms with van der Waals surface area (Å²) in [4.78, 5) is 17.5. The summed E-state index contributed by atoms with van der Waals surface area (Å²) < 4.78 is 1.98. The Bertz CT molecular complexity index is 752. The number of nitrogens with zero attached hydrogens (tertiary/aromatic N) is 2. The highest BCUT2D eigenvalue weighted by atomic mass is 16.1. The molecule has 0 aromatic carbocycles. The number of rotatable bonds is 3. The van der Waals surface area contributed by atoms with Crippen LogP contribution in [0, 0.1) is 25.7 Å². The van der Waals surface area contributed by atoms with Crippen molar-refractivity contribution in [2.24, 2.45) is 11.8 Å². The Kier molecular flexibility index (Phi) is 4.41. The van der Waals surface area contributed by atoms with E-state index < -0.39 is 0 Å². The molecule has 2 heterocycles. The lowest BCUT2D eigenvalue weighted by Gasteiger charge is -2.39. The number of carbonyl (C=O) groups excluding carboxylic acids is 1. The molecule has 0 radical (unpaired) electrons. The molecule has 2 aromatic heterocycles. The Labute approximate surface area is 144 Å². The Morgan fingerprint density at radius 3 is 2.58 bits per heavy atom. The van der Waals surface area contributed by atoms with Crippen molar-refractivity contribution in [2.45, 2.75) is 65.8 Å². The fourth-order valence-electron chi connectivity index (χ4n) is 4.01. The average molecular weight is 327 g/mol. The molecule has 0 unspecified atom stereocenters. The molecular weight excluding hydrogens is 298 g/mol. The number of amides is 1. The molecule has 4 nitrogen and oxygen atoms in total. The van der Waals surface area contributed by atoms with E-state index in [-0.39, 0.29) is 11.4 Å². The number of aryl methyl sites for hydroxylation is 2. The SMILES string of the molecule is Cc1cc(C)n2ccc(C(=O)NC(C)(C)C3CCC(C)CC3)c2n1. The van der Waals surface area contributed by atoms with E-state index in [1.54, 1.807) is 0 Å². The lowest BCUT2D eigenvalue weighted by Crippen LogP contribution is -2.50. The Morgan fingerprint density at radius 2 is 1.92 bits per heavy atom. The summed E-state index contributed by atoms with van der Waals surface area (Å²) in [5.74, 6) is 1.35. The first-order chi connectivity index (χ1) is 11.3. The van der Waals surface area contributed by atoms with Gasteiger partial charge >= 0.3 is 0 Å².